The van der Waals surface area contributed by atoms with Gasteiger partial charge < -0.3 is 14.5 Å². The van der Waals surface area contributed by atoms with Crippen molar-refractivity contribution in [1.82, 2.24) is 14.8 Å². The zero-order chi connectivity index (χ0) is 21.0. The van der Waals surface area contributed by atoms with Gasteiger partial charge in [-0.3, -0.25) is 14.6 Å². The summed E-state index contributed by atoms with van der Waals surface area (Å²) in [4.78, 5) is 33.3. The van der Waals surface area contributed by atoms with E-state index in [-0.39, 0.29) is 24.3 Å². The number of benzene rings is 1. The fourth-order valence-corrected chi connectivity index (χ4v) is 3.78. The second kappa shape index (κ2) is 8.74. The summed E-state index contributed by atoms with van der Waals surface area (Å²) in [5.41, 5.74) is 1.96. The highest BCUT2D eigenvalue weighted by Crippen LogP contribution is 2.28. The maximum absolute atomic E-state index is 13.2. The van der Waals surface area contributed by atoms with E-state index in [4.69, 9.17) is 4.74 Å². The Morgan fingerprint density at radius 1 is 1.21 bits per heavy atom. The van der Waals surface area contributed by atoms with Gasteiger partial charge in [-0.1, -0.05) is 44.2 Å². The van der Waals surface area contributed by atoms with Crippen LogP contribution in [0.3, 0.4) is 0 Å². The Kier molecular flexibility index (Phi) is 6.33. The van der Waals surface area contributed by atoms with Gasteiger partial charge in [0.05, 0.1) is 13.2 Å². The zero-order valence-corrected chi connectivity index (χ0v) is 17.6. The maximum atomic E-state index is 13.2. The number of pyridine rings is 1. The molecule has 6 heteroatoms. The smallest absolute Gasteiger partial charge is 0.256 e. The van der Waals surface area contributed by atoms with Crippen LogP contribution in [-0.4, -0.2) is 66.0 Å². The first-order chi connectivity index (χ1) is 13.8. The van der Waals surface area contributed by atoms with E-state index in [1.807, 2.05) is 50.4 Å². The summed E-state index contributed by atoms with van der Waals surface area (Å²) >= 11 is 0. The number of nitrogens with zero attached hydrogens (tertiary/aromatic N) is 3. The molecule has 0 N–H and O–H groups in total. The second-order valence-electron chi connectivity index (χ2n) is 8.08. The summed E-state index contributed by atoms with van der Waals surface area (Å²) in [7, 11) is 3.45. The van der Waals surface area contributed by atoms with Crippen molar-refractivity contribution in [3.8, 4) is 11.1 Å². The molecule has 1 aliphatic rings. The zero-order valence-electron chi connectivity index (χ0n) is 17.6. The Labute approximate surface area is 172 Å². The summed E-state index contributed by atoms with van der Waals surface area (Å²) in [6.45, 7) is 4.88. The lowest BCUT2D eigenvalue weighted by atomic mass is 9.89. The average Bonchev–Trinajstić information content (AvgIpc) is 2.73. The average molecular weight is 396 g/mol. The molecule has 6 nitrogen and oxygen atoms in total. The molecule has 1 atom stereocenters. The molecule has 3 rings (SSSR count). The maximum Gasteiger partial charge on any atom is 0.256 e. The Morgan fingerprint density at radius 2 is 1.97 bits per heavy atom. The highest BCUT2D eigenvalue weighted by molar-refractivity contribution is 5.87. The summed E-state index contributed by atoms with van der Waals surface area (Å²) in [6.07, 6.45) is 3.97. The summed E-state index contributed by atoms with van der Waals surface area (Å²) in [6, 6.07) is 12.0. The predicted octanol–water partition coefficient (Wildman–Crippen LogP) is 2.63. The van der Waals surface area contributed by atoms with Gasteiger partial charge in [-0.25, -0.2) is 0 Å². The number of ether oxygens (including phenoxy) is 1. The molecule has 2 heterocycles. The first-order valence-electron chi connectivity index (χ1n) is 9.96. The molecule has 2 aromatic rings. The Hall–Kier alpha value is -2.73. The lowest BCUT2D eigenvalue weighted by molar-refractivity contribution is -0.173. The molecular formula is C23H29N3O3. The van der Waals surface area contributed by atoms with Gasteiger partial charge in [0, 0.05) is 45.4 Å². The fraction of sp³-hybridized carbons (Fsp3) is 0.435. The van der Waals surface area contributed by atoms with Crippen LogP contribution in [0.2, 0.25) is 0 Å². The molecule has 2 amide bonds. The SMILES string of the molecule is CC(C)C(=O)N1CCOC(Cc2cccc(-c3cccnc3)c2)(C(=O)N(C)C)C1. The topological polar surface area (TPSA) is 62.7 Å². The number of rotatable bonds is 5. The lowest BCUT2D eigenvalue weighted by Crippen LogP contribution is -2.62. The van der Waals surface area contributed by atoms with Crippen LogP contribution in [-0.2, 0) is 20.7 Å². The highest BCUT2D eigenvalue weighted by Gasteiger charge is 2.46. The van der Waals surface area contributed by atoms with Gasteiger partial charge in [0.1, 0.15) is 0 Å². The van der Waals surface area contributed by atoms with Crippen molar-refractivity contribution in [2.45, 2.75) is 25.9 Å². The van der Waals surface area contributed by atoms with Crippen LogP contribution >= 0.6 is 0 Å². The van der Waals surface area contributed by atoms with E-state index in [0.29, 0.717) is 19.6 Å². The van der Waals surface area contributed by atoms with Gasteiger partial charge in [0.2, 0.25) is 5.91 Å². The molecule has 1 aromatic carbocycles. The van der Waals surface area contributed by atoms with Crippen LogP contribution in [0.15, 0.2) is 48.8 Å². The van der Waals surface area contributed by atoms with Crippen LogP contribution in [0.25, 0.3) is 11.1 Å². The van der Waals surface area contributed by atoms with Crippen molar-refractivity contribution < 1.29 is 14.3 Å². The molecule has 1 aliphatic heterocycles. The van der Waals surface area contributed by atoms with Crippen molar-refractivity contribution in [3.63, 3.8) is 0 Å². The molecule has 154 valence electrons. The van der Waals surface area contributed by atoms with Crippen molar-refractivity contribution in [2.75, 3.05) is 33.8 Å². The van der Waals surface area contributed by atoms with Crippen molar-refractivity contribution in [3.05, 3.63) is 54.4 Å². The number of aromatic nitrogens is 1. The van der Waals surface area contributed by atoms with E-state index in [1.54, 1.807) is 30.1 Å². The van der Waals surface area contributed by atoms with E-state index in [1.165, 1.54) is 0 Å². The molecular weight excluding hydrogens is 366 g/mol. The number of carbonyl (C=O) groups excluding carboxylic acids is 2. The van der Waals surface area contributed by atoms with E-state index < -0.39 is 5.60 Å². The third-order valence-corrected chi connectivity index (χ3v) is 5.20. The lowest BCUT2D eigenvalue weighted by Gasteiger charge is -2.43. The second-order valence-corrected chi connectivity index (χ2v) is 8.08. The van der Waals surface area contributed by atoms with Gasteiger partial charge in [0.15, 0.2) is 5.60 Å². The van der Waals surface area contributed by atoms with Gasteiger partial charge in [-0.2, -0.15) is 0 Å². The molecule has 0 aliphatic carbocycles. The van der Waals surface area contributed by atoms with Crippen LogP contribution < -0.4 is 0 Å². The van der Waals surface area contributed by atoms with Crippen molar-refractivity contribution in [2.24, 2.45) is 5.92 Å². The third kappa shape index (κ3) is 4.65. The van der Waals surface area contributed by atoms with Crippen LogP contribution in [0, 0.1) is 5.92 Å². The first kappa shape index (κ1) is 21.0. The van der Waals surface area contributed by atoms with Crippen molar-refractivity contribution in [1.29, 1.82) is 0 Å². The Morgan fingerprint density at radius 3 is 2.62 bits per heavy atom. The van der Waals surface area contributed by atoms with Gasteiger partial charge in [0.25, 0.3) is 5.91 Å². The van der Waals surface area contributed by atoms with Gasteiger partial charge in [-0.05, 0) is 22.8 Å². The standard InChI is InChI=1S/C23H29N3O3/c1-17(2)21(27)26-11-12-29-23(16-26,22(28)25(3)4)14-18-7-5-8-19(13-18)20-9-6-10-24-15-20/h5-10,13,15,17H,11-12,14,16H2,1-4H3. The molecule has 1 fully saturated rings. The van der Waals surface area contributed by atoms with E-state index in [2.05, 4.69) is 11.1 Å². The fourth-order valence-electron chi connectivity index (χ4n) is 3.78. The normalized spacial score (nSPS) is 19.3. The number of carbonyl (C=O) groups is 2. The highest BCUT2D eigenvalue weighted by atomic mass is 16.5. The Bertz CT molecular complexity index is 867. The number of likely N-dealkylation sites (N-methyl/N-ethyl adjacent to an activating group) is 1. The summed E-state index contributed by atoms with van der Waals surface area (Å²) < 4.78 is 6.10. The van der Waals surface area contributed by atoms with Gasteiger partial charge in [-0.15, -0.1) is 0 Å². The molecule has 0 bridgehead atoms. The minimum atomic E-state index is -1.08. The van der Waals surface area contributed by atoms with Crippen molar-refractivity contribution >= 4 is 11.8 Å². The number of amides is 2. The molecule has 0 radical (unpaired) electrons. The van der Waals surface area contributed by atoms with Crippen LogP contribution in [0.5, 0.6) is 0 Å². The molecule has 0 saturated carbocycles. The quantitative estimate of drug-likeness (QED) is 0.781. The molecule has 29 heavy (non-hydrogen) atoms. The van der Waals surface area contributed by atoms with E-state index in [0.717, 1.165) is 16.7 Å². The molecule has 0 spiro atoms. The number of hydrogen-bond donors (Lipinski definition) is 0. The van der Waals surface area contributed by atoms with E-state index in [9.17, 15) is 9.59 Å². The van der Waals surface area contributed by atoms with E-state index >= 15 is 0 Å². The summed E-state index contributed by atoms with van der Waals surface area (Å²) in [5, 5.41) is 0. The Balaban J connectivity index is 1.93. The van der Waals surface area contributed by atoms with Crippen LogP contribution in [0.1, 0.15) is 19.4 Å². The number of hydrogen-bond acceptors (Lipinski definition) is 4. The monoisotopic (exact) mass is 395 g/mol. The number of morpholine rings is 1. The van der Waals surface area contributed by atoms with Gasteiger partial charge >= 0.3 is 0 Å². The minimum Gasteiger partial charge on any atom is -0.361 e. The van der Waals surface area contributed by atoms with Crippen LogP contribution in [0.4, 0.5) is 0 Å². The third-order valence-electron chi connectivity index (χ3n) is 5.20. The first-order valence-corrected chi connectivity index (χ1v) is 9.96. The molecule has 1 saturated heterocycles. The summed E-state index contributed by atoms with van der Waals surface area (Å²) in [5.74, 6) is -0.187. The minimum absolute atomic E-state index is 0.0494. The molecule has 1 aromatic heterocycles. The largest absolute Gasteiger partial charge is 0.361 e. The molecule has 1 unspecified atom stereocenters. The predicted molar refractivity (Wildman–Crippen MR) is 112 cm³/mol.